The summed E-state index contributed by atoms with van der Waals surface area (Å²) in [6.45, 7) is 0. The van der Waals surface area contributed by atoms with Crippen LogP contribution in [0.1, 0.15) is 11.4 Å². The van der Waals surface area contributed by atoms with E-state index in [1.807, 2.05) is 0 Å². The Balaban J connectivity index is 2.21. The predicted molar refractivity (Wildman–Crippen MR) is 50.0 cm³/mol. The average Bonchev–Trinajstić information content (AvgIpc) is 2.58. The molecule has 1 aromatic carbocycles. The van der Waals surface area contributed by atoms with Crippen LogP contribution in [-0.4, -0.2) is 15.2 Å². The van der Waals surface area contributed by atoms with Gasteiger partial charge in [0.2, 0.25) is 5.95 Å². The van der Waals surface area contributed by atoms with Gasteiger partial charge in [-0.3, -0.25) is 5.10 Å². The topological polar surface area (TPSA) is 67.6 Å². The van der Waals surface area contributed by atoms with Crippen LogP contribution in [0.15, 0.2) is 18.2 Å². The smallest absolute Gasteiger partial charge is 0.239 e. The third-order valence-corrected chi connectivity index (χ3v) is 1.90. The number of hydrogen-bond acceptors (Lipinski definition) is 3. The van der Waals surface area contributed by atoms with Gasteiger partial charge in [0.1, 0.15) is 5.82 Å². The number of nitrogen functional groups attached to an aromatic ring is 1. The van der Waals surface area contributed by atoms with Crippen LogP contribution in [0.2, 0.25) is 0 Å². The van der Waals surface area contributed by atoms with E-state index >= 15 is 0 Å². The second-order valence-electron chi connectivity index (χ2n) is 3.07. The molecule has 0 saturated heterocycles. The summed E-state index contributed by atoms with van der Waals surface area (Å²) in [7, 11) is 0. The molecule has 0 amide bonds. The number of nitrogens with two attached hydrogens (primary N) is 1. The van der Waals surface area contributed by atoms with Crippen LogP contribution in [0.4, 0.5) is 14.7 Å². The molecule has 0 spiro atoms. The number of nitrogens with zero attached hydrogens (tertiary/aromatic N) is 2. The molecule has 1 aromatic heterocycles. The summed E-state index contributed by atoms with van der Waals surface area (Å²) < 4.78 is 25.5. The first-order chi connectivity index (χ1) is 7.15. The molecule has 0 radical (unpaired) electrons. The van der Waals surface area contributed by atoms with Gasteiger partial charge in [-0.25, -0.2) is 8.78 Å². The maximum Gasteiger partial charge on any atom is 0.239 e. The fourth-order valence-corrected chi connectivity index (χ4v) is 1.23. The van der Waals surface area contributed by atoms with Crippen molar-refractivity contribution < 1.29 is 8.78 Å². The second kappa shape index (κ2) is 3.64. The molecule has 0 unspecified atom stereocenters. The summed E-state index contributed by atoms with van der Waals surface area (Å²) in [5.41, 5.74) is 5.90. The molecule has 0 atom stereocenters. The fourth-order valence-electron chi connectivity index (χ4n) is 1.23. The molecule has 1 heterocycles. The zero-order chi connectivity index (χ0) is 10.8. The van der Waals surface area contributed by atoms with Gasteiger partial charge < -0.3 is 5.73 Å². The molecule has 78 valence electrons. The summed E-state index contributed by atoms with van der Waals surface area (Å²) in [6.07, 6.45) is 0.335. The quantitative estimate of drug-likeness (QED) is 0.783. The number of halogens is 2. The second-order valence-corrected chi connectivity index (χ2v) is 3.07. The van der Waals surface area contributed by atoms with Crippen LogP contribution in [0.3, 0.4) is 0 Å². The summed E-state index contributed by atoms with van der Waals surface area (Å²) in [6, 6.07) is 3.68. The molecule has 0 aliphatic carbocycles. The Morgan fingerprint density at radius 3 is 2.67 bits per heavy atom. The van der Waals surface area contributed by atoms with Crippen LogP contribution >= 0.6 is 0 Å². The first-order valence-corrected chi connectivity index (χ1v) is 4.26. The van der Waals surface area contributed by atoms with E-state index < -0.39 is 11.6 Å². The molecule has 15 heavy (non-hydrogen) atoms. The Labute approximate surface area is 84.1 Å². The van der Waals surface area contributed by atoms with E-state index in [1.54, 1.807) is 0 Å². The molecule has 4 nitrogen and oxygen atoms in total. The maximum absolute atomic E-state index is 12.8. The SMILES string of the molecule is Nc1n[nH]c(Cc2ccc(F)c(F)c2)n1. The van der Waals surface area contributed by atoms with Crippen LogP contribution < -0.4 is 5.73 Å². The summed E-state index contributed by atoms with van der Waals surface area (Å²) in [4.78, 5) is 3.85. The number of rotatable bonds is 2. The minimum atomic E-state index is -0.875. The molecule has 0 saturated carbocycles. The van der Waals surface area contributed by atoms with Crippen molar-refractivity contribution in [1.82, 2.24) is 15.2 Å². The minimum absolute atomic E-state index is 0.132. The first kappa shape index (κ1) is 9.57. The van der Waals surface area contributed by atoms with Crippen LogP contribution in [0, 0.1) is 11.6 Å². The largest absolute Gasteiger partial charge is 0.367 e. The Morgan fingerprint density at radius 2 is 2.07 bits per heavy atom. The van der Waals surface area contributed by atoms with Gasteiger partial charge in [0.25, 0.3) is 0 Å². The lowest BCUT2D eigenvalue weighted by Gasteiger charge is -1.98. The standard InChI is InChI=1S/C9H8F2N4/c10-6-2-1-5(3-7(6)11)4-8-13-9(12)15-14-8/h1-3H,4H2,(H3,12,13,14,15). The zero-order valence-corrected chi connectivity index (χ0v) is 7.67. The van der Waals surface area contributed by atoms with Gasteiger partial charge in [-0.05, 0) is 17.7 Å². The van der Waals surface area contributed by atoms with Crippen molar-refractivity contribution in [3.8, 4) is 0 Å². The van der Waals surface area contributed by atoms with Crippen molar-refractivity contribution in [2.24, 2.45) is 0 Å². The Kier molecular flexibility index (Phi) is 2.32. The normalized spacial score (nSPS) is 10.5. The summed E-state index contributed by atoms with van der Waals surface area (Å²) >= 11 is 0. The van der Waals surface area contributed by atoms with Crippen molar-refractivity contribution in [2.45, 2.75) is 6.42 Å². The van der Waals surface area contributed by atoms with E-state index in [1.165, 1.54) is 6.07 Å². The van der Waals surface area contributed by atoms with Gasteiger partial charge in [0.15, 0.2) is 11.6 Å². The van der Waals surface area contributed by atoms with Crippen LogP contribution in [0.5, 0.6) is 0 Å². The van der Waals surface area contributed by atoms with E-state index in [4.69, 9.17) is 5.73 Å². The maximum atomic E-state index is 12.8. The predicted octanol–water partition coefficient (Wildman–Crippen LogP) is 1.26. The number of aromatic nitrogens is 3. The monoisotopic (exact) mass is 210 g/mol. The van der Waals surface area contributed by atoms with Gasteiger partial charge in [0, 0.05) is 6.42 Å². The van der Waals surface area contributed by atoms with Crippen molar-refractivity contribution in [3.05, 3.63) is 41.2 Å². The molecule has 2 aromatic rings. The average molecular weight is 210 g/mol. The highest BCUT2D eigenvalue weighted by atomic mass is 19.2. The van der Waals surface area contributed by atoms with Crippen molar-refractivity contribution >= 4 is 5.95 Å². The van der Waals surface area contributed by atoms with Crippen LogP contribution in [-0.2, 0) is 6.42 Å². The highest BCUT2D eigenvalue weighted by Crippen LogP contribution is 2.11. The van der Waals surface area contributed by atoms with Crippen molar-refractivity contribution in [2.75, 3.05) is 5.73 Å². The molecule has 0 fully saturated rings. The van der Waals surface area contributed by atoms with Gasteiger partial charge in [0.05, 0.1) is 0 Å². The molecule has 0 aliphatic heterocycles. The first-order valence-electron chi connectivity index (χ1n) is 4.26. The number of benzene rings is 1. The van der Waals surface area contributed by atoms with E-state index in [9.17, 15) is 8.78 Å². The number of H-pyrrole nitrogens is 1. The Hall–Kier alpha value is -1.98. The minimum Gasteiger partial charge on any atom is -0.367 e. The van der Waals surface area contributed by atoms with Gasteiger partial charge in [-0.15, -0.1) is 5.10 Å². The molecular weight excluding hydrogens is 202 g/mol. The summed E-state index contributed by atoms with van der Waals surface area (Å²) in [5, 5.41) is 6.21. The van der Waals surface area contributed by atoms with E-state index in [-0.39, 0.29) is 5.95 Å². The number of aromatic amines is 1. The van der Waals surface area contributed by atoms with Gasteiger partial charge in [-0.1, -0.05) is 6.07 Å². The van der Waals surface area contributed by atoms with Crippen molar-refractivity contribution in [1.29, 1.82) is 0 Å². The third kappa shape index (κ3) is 2.09. The molecule has 6 heteroatoms. The lowest BCUT2D eigenvalue weighted by molar-refractivity contribution is 0.507. The number of hydrogen-bond donors (Lipinski definition) is 2. The molecule has 0 aliphatic rings. The van der Waals surface area contributed by atoms with E-state index in [0.717, 1.165) is 12.1 Å². The molecule has 2 rings (SSSR count). The number of nitrogens with one attached hydrogen (secondary N) is 1. The van der Waals surface area contributed by atoms with E-state index in [0.29, 0.717) is 17.8 Å². The molecule has 0 bridgehead atoms. The third-order valence-electron chi connectivity index (χ3n) is 1.90. The Bertz CT molecular complexity index is 481. The Morgan fingerprint density at radius 1 is 1.27 bits per heavy atom. The fraction of sp³-hybridized carbons (Fsp3) is 0.111. The van der Waals surface area contributed by atoms with Gasteiger partial charge >= 0.3 is 0 Å². The summed E-state index contributed by atoms with van der Waals surface area (Å²) in [5.74, 6) is -1.10. The molecule has 3 N–H and O–H groups in total. The highest BCUT2D eigenvalue weighted by Gasteiger charge is 2.05. The highest BCUT2D eigenvalue weighted by molar-refractivity contribution is 5.22. The van der Waals surface area contributed by atoms with Gasteiger partial charge in [-0.2, -0.15) is 4.98 Å². The lowest BCUT2D eigenvalue weighted by Crippen LogP contribution is -1.94. The van der Waals surface area contributed by atoms with Crippen LogP contribution in [0.25, 0.3) is 0 Å². The number of anilines is 1. The van der Waals surface area contributed by atoms with E-state index in [2.05, 4.69) is 15.2 Å². The lowest BCUT2D eigenvalue weighted by atomic mass is 10.1. The van der Waals surface area contributed by atoms with Crippen molar-refractivity contribution in [3.63, 3.8) is 0 Å². The zero-order valence-electron chi connectivity index (χ0n) is 7.67. The molecular formula is C9H8F2N4.